The highest BCUT2D eigenvalue weighted by Gasteiger charge is 2.52. The molecule has 0 aromatic rings. The first-order chi connectivity index (χ1) is 6.95. The Morgan fingerprint density at radius 1 is 1.27 bits per heavy atom. The average Bonchev–Trinajstić information content (AvgIpc) is 2.39. The third kappa shape index (κ3) is 2.03. The summed E-state index contributed by atoms with van der Waals surface area (Å²) in [5.41, 5.74) is 5.51. The van der Waals surface area contributed by atoms with Crippen LogP contribution in [-0.2, 0) is 4.79 Å². The first-order valence-corrected chi connectivity index (χ1v) is 6.76. The molecule has 2 N–H and O–H groups in total. The van der Waals surface area contributed by atoms with Gasteiger partial charge in [-0.1, -0.05) is 19.3 Å². The lowest BCUT2D eigenvalue weighted by Crippen LogP contribution is -2.34. The maximum absolute atomic E-state index is 11.5. The van der Waals surface area contributed by atoms with Crippen molar-refractivity contribution in [3.05, 3.63) is 0 Å². The van der Waals surface area contributed by atoms with Crippen LogP contribution in [0.25, 0.3) is 0 Å². The van der Waals surface area contributed by atoms with Crippen molar-refractivity contribution in [3.63, 3.8) is 0 Å². The minimum absolute atomic E-state index is 0.0448. The maximum Gasteiger partial charge on any atom is 0.221 e. The van der Waals surface area contributed by atoms with E-state index in [2.05, 4.69) is 13.8 Å². The van der Waals surface area contributed by atoms with Crippen molar-refractivity contribution >= 4 is 17.7 Å². The molecule has 1 amide bonds. The lowest BCUT2D eigenvalue weighted by atomic mass is 9.79. The van der Waals surface area contributed by atoms with E-state index in [4.69, 9.17) is 5.73 Å². The van der Waals surface area contributed by atoms with Gasteiger partial charge in [-0.15, -0.1) is 11.8 Å². The number of carbonyl (C=O) groups excluding carboxylic acids is 1. The largest absolute Gasteiger partial charge is 0.369 e. The zero-order valence-electron chi connectivity index (χ0n) is 9.71. The monoisotopic (exact) mass is 227 g/mol. The van der Waals surface area contributed by atoms with Gasteiger partial charge in [-0.3, -0.25) is 4.79 Å². The highest BCUT2D eigenvalue weighted by atomic mass is 32.2. The van der Waals surface area contributed by atoms with Gasteiger partial charge in [-0.25, -0.2) is 0 Å². The number of amides is 1. The molecule has 1 atom stereocenters. The van der Waals surface area contributed by atoms with Crippen molar-refractivity contribution in [1.82, 2.24) is 0 Å². The Morgan fingerprint density at radius 3 is 2.33 bits per heavy atom. The first-order valence-electron chi connectivity index (χ1n) is 5.95. The van der Waals surface area contributed by atoms with Gasteiger partial charge in [0.2, 0.25) is 5.91 Å². The average molecular weight is 227 g/mol. The van der Waals surface area contributed by atoms with E-state index in [-0.39, 0.29) is 16.6 Å². The molecule has 2 nitrogen and oxygen atoms in total. The van der Waals surface area contributed by atoms with Crippen LogP contribution in [0.5, 0.6) is 0 Å². The van der Waals surface area contributed by atoms with Gasteiger partial charge in [-0.05, 0) is 33.1 Å². The number of hydrogen-bond donors (Lipinski definition) is 1. The van der Waals surface area contributed by atoms with Crippen molar-refractivity contribution in [2.45, 2.75) is 61.9 Å². The van der Waals surface area contributed by atoms with Crippen LogP contribution >= 0.6 is 11.8 Å². The summed E-state index contributed by atoms with van der Waals surface area (Å²) in [7, 11) is 0. The van der Waals surface area contributed by atoms with Crippen LogP contribution in [0.3, 0.4) is 0 Å². The van der Waals surface area contributed by atoms with Crippen molar-refractivity contribution in [3.8, 4) is 0 Å². The molecule has 86 valence electrons. The van der Waals surface area contributed by atoms with Gasteiger partial charge in [0.1, 0.15) is 0 Å². The zero-order chi connectivity index (χ0) is 11.1. The highest BCUT2D eigenvalue weighted by molar-refractivity contribution is 8.02. The Labute approximate surface area is 96.4 Å². The fourth-order valence-electron chi connectivity index (χ4n) is 3.23. The molecule has 0 aromatic heterocycles. The Hall–Kier alpha value is -0.180. The van der Waals surface area contributed by atoms with Crippen LogP contribution in [-0.4, -0.2) is 15.4 Å². The third-order valence-electron chi connectivity index (χ3n) is 4.00. The van der Waals surface area contributed by atoms with E-state index in [1.54, 1.807) is 0 Å². The van der Waals surface area contributed by atoms with E-state index in [9.17, 15) is 4.79 Å². The number of carbonyl (C=O) groups is 1. The topological polar surface area (TPSA) is 43.1 Å². The molecule has 0 aromatic carbocycles. The molecule has 2 fully saturated rings. The van der Waals surface area contributed by atoms with E-state index in [0.717, 1.165) is 6.42 Å². The Morgan fingerprint density at radius 2 is 1.87 bits per heavy atom. The quantitative estimate of drug-likeness (QED) is 0.748. The lowest BCUT2D eigenvalue weighted by molar-refractivity contribution is -0.122. The van der Waals surface area contributed by atoms with Crippen molar-refractivity contribution in [2.24, 2.45) is 11.7 Å². The van der Waals surface area contributed by atoms with Crippen LogP contribution < -0.4 is 5.73 Å². The first kappa shape index (κ1) is 11.3. The molecule has 1 saturated carbocycles. The van der Waals surface area contributed by atoms with E-state index < -0.39 is 0 Å². The summed E-state index contributed by atoms with van der Waals surface area (Å²) in [6.45, 7) is 4.35. The van der Waals surface area contributed by atoms with Crippen LogP contribution in [0, 0.1) is 5.92 Å². The summed E-state index contributed by atoms with van der Waals surface area (Å²) in [6, 6.07) is 0. The molecular formula is C12H21NOS. The standard InChI is InChI=1S/C12H21NOS/c1-11(2)9(10(13)14)8-12(15-11)6-4-3-5-7-12/h9H,3-8H2,1-2H3,(H2,13,14). The normalized spacial score (nSPS) is 33.1. The SMILES string of the molecule is CC1(C)SC2(CCCCC2)CC1C(N)=O. The number of thioether (sulfide) groups is 1. The Bertz CT molecular complexity index is 269. The zero-order valence-corrected chi connectivity index (χ0v) is 10.5. The molecule has 3 heteroatoms. The lowest BCUT2D eigenvalue weighted by Gasteiger charge is -2.33. The molecular weight excluding hydrogens is 206 g/mol. The molecule has 15 heavy (non-hydrogen) atoms. The smallest absolute Gasteiger partial charge is 0.221 e. The van der Waals surface area contributed by atoms with Crippen molar-refractivity contribution in [2.75, 3.05) is 0 Å². The summed E-state index contributed by atoms with van der Waals surface area (Å²) >= 11 is 2.03. The van der Waals surface area contributed by atoms with Crippen LogP contribution in [0.4, 0.5) is 0 Å². The van der Waals surface area contributed by atoms with Gasteiger partial charge in [0.05, 0.1) is 5.92 Å². The highest BCUT2D eigenvalue weighted by Crippen LogP contribution is 2.58. The van der Waals surface area contributed by atoms with E-state index in [1.807, 2.05) is 11.8 Å². The van der Waals surface area contributed by atoms with E-state index in [0.29, 0.717) is 4.75 Å². The molecule has 0 radical (unpaired) electrons. The predicted molar refractivity (Wildman–Crippen MR) is 64.8 cm³/mol. The third-order valence-corrected chi connectivity index (χ3v) is 5.82. The summed E-state index contributed by atoms with van der Waals surface area (Å²) in [6.07, 6.45) is 7.60. The minimum atomic E-state index is -0.102. The molecule has 1 spiro atoms. The molecule has 2 aliphatic rings. The second-order valence-electron chi connectivity index (χ2n) is 5.61. The van der Waals surface area contributed by atoms with Gasteiger partial charge in [-0.2, -0.15) is 0 Å². The Balaban J connectivity index is 2.16. The molecule has 1 aliphatic heterocycles. The fourth-order valence-corrected chi connectivity index (χ4v) is 5.43. The van der Waals surface area contributed by atoms with Crippen LogP contribution in [0.15, 0.2) is 0 Å². The minimum Gasteiger partial charge on any atom is -0.369 e. The van der Waals surface area contributed by atoms with Gasteiger partial charge in [0, 0.05) is 9.49 Å². The maximum atomic E-state index is 11.5. The molecule has 2 rings (SSSR count). The molecule has 0 bridgehead atoms. The summed E-state index contributed by atoms with van der Waals surface area (Å²) in [4.78, 5) is 11.5. The second kappa shape index (κ2) is 3.69. The number of hydrogen-bond acceptors (Lipinski definition) is 2. The number of rotatable bonds is 1. The Kier molecular flexibility index (Phi) is 2.78. The second-order valence-corrected chi connectivity index (χ2v) is 7.73. The van der Waals surface area contributed by atoms with E-state index in [1.165, 1.54) is 32.1 Å². The van der Waals surface area contributed by atoms with Crippen LogP contribution in [0.2, 0.25) is 0 Å². The predicted octanol–water partition coefficient (Wildman–Crippen LogP) is 2.71. The molecule has 1 aliphatic carbocycles. The van der Waals surface area contributed by atoms with Gasteiger partial charge in [0.25, 0.3) is 0 Å². The van der Waals surface area contributed by atoms with Gasteiger partial charge in [0.15, 0.2) is 0 Å². The van der Waals surface area contributed by atoms with Crippen molar-refractivity contribution in [1.29, 1.82) is 0 Å². The van der Waals surface area contributed by atoms with Gasteiger partial charge >= 0.3 is 0 Å². The summed E-state index contributed by atoms with van der Waals surface area (Å²) in [5, 5.41) is 0. The summed E-state index contributed by atoms with van der Waals surface area (Å²) in [5.74, 6) is -0.0319. The summed E-state index contributed by atoms with van der Waals surface area (Å²) < 4.78 is 0.421. The number of nitrogens with two attached hydrogens (primary N) is 1. The van der Waals surface area contributed by atoms with Crippen molar-refractivity contribution < 1.29 is 4.79 Å². The van der Waals surface area contributed by atoms with Gasteiger partial charge < -0.3 is 5.73 Å². The molecule has 1 unspecified atom stereocenters. The molecule has 1 heterocycles. The van der Waals surface area contributed by atoms with Crippen LogP contribution in [0.1, 0.15) is 52.4 Å². The molecule has 1 saturated heterocycles. The van der Waals surface area contributed by atoms with E-state index >= 15 is 0 Å². The fraction of sp³-hybridized carbons (Fsp3) is 0.917. The number of primary amides is 1.